The van der Waals surface area contributed by atoms with Crippen LogP contribution in [0, 0.1) is 0 Å². The molecule has 2 N–H and O–H groups in total. The molecular formula is C13H15N3O2. The Bertz CT molecular complexity index is 501. The van der Waals surface area contributed by atoms with Gasteiger partial charge in [-0.15, -0.1) is 0 Å². The molecule has 94 valence electrons. The third-order valence-electron chi connectivity index (χ3n) is 3.38. The van der Waals surface area contributed by atoms with Crippen LogP contribution in [0.4, 0.5) is 0 Å². The highest BCUT2D eigenvalue weighted by Crippen LogP contribution is 2.24. The van der Waals surface area contributed by atoms with Gasteiger partial charge in [0.2, 0.25) is 0 Å². The van der Waals surface area contributed by atoms with Crippen molar-refractivity contribution in [1.29, 1.82) is 0 Å². The molecule has 5 heteroatoms. The smallest absolute Gasteiger partial charge is 0.272 e. The van der Waals surface area contributed by atoms with Crippen LogP contribution in [0.2, 0.25) is 0 Å². The summed E-state index contributed by atoms with van der Waals surface area (Å²) in [5.41, 5.74) is 0.922. The Morgan fingerprint density at radius 2 is 2.11 bits per heavy atom. The van der Waals surface area contributed by atoms with E-state index in [1.54, 1.807) is 7.11 Å². The first-order chi connectivity index (χ1) is 8.72. The van der Waals surface area contributed by atoms with Crippen molar-refractivity contribution < 1.29 is 9.53 Å². The van der Waals surface area contributed by atoms with Crippen molar-refractivity contribution in [2.24, 2.45) is 4.99 Å². The summed E-state index contributed by atoms with van der Waals surface area (Å²) < 4.78 is 5.10. The number of hydrogen-bond acceptors (Lipinski definition) is 4. The lowest BCUT2D eigenvalue weighted by Crippen LogP contribution is -2.44. The van der Waals surface area contributed by atoms with E-state index in [2.05, 4.69) is 15.6 Å². The Hall–Kier alpha value is -1.88. The van der Waals surface area contributed by atoms with Crippen LogP contribution in [-0.2, 0) is 4.79 Å². The van der Waals surface area contributed by atoms with Crippen LogP contribution in [0.25, 0.3) is 0 Å². The van der Waals surface area contributed by atoms with Crippen LogP contribution in [0.3, 0.4) is 0 Å². The average Bonchev–Trinajstić information content (AvgIpc) is 2.97. The topological polar surface area (TPSA) is 62.7 Å². The van der Waals surface area contributed by atoms with Crippen LogP contribution in [0.15, 0.2) is 29.3 Å². The second kappa shape index (κ2) is 4.10. The van der Waals surface area contributed by atoms with Gasteiger partial charge in [0, 0.05) is 18.5 Å². The number of nitrogens with zero attached hydrogens (tertiary/aromatic N) is 1. The quantitative estimate of drug-likeness (QED) is 0.788. The normalized spacial score (nSPS) is 26.3. The van der Waals surface area contributed by atoms with Gasteiger partial charge in [0.15, 0.2) is 0 Å². The second-order valence-electron chi connectivity index (χ2n) is 4.60. The maximum Gasteiger partial charge on any atom is 0.272 e. The van der Waals surface area contributed by atoms with Gasteiger partial charge in [-0.3, -0.25) is 4.79 Å². The summed E-state index contributed by atoms with van der Waals surface area (Å²) in [6.45, 7) is 1.60. The zero-order chi connectivity index (χ0) is 12.6. The van der Waals surface area contributed by atoms with E-state index in [4.69, 9.17) is 4.74 Å². The van der Waals surface area contributed by atoms with Gasteiger partial charge >= 0.3 is 0 Å². The number of carbonyl (C=O) groups is 1. The number of hydrogen-bond donors (Lipinski definition) is 2. The second-order valence-corrected chi connectivity index (χ2v) is 4.60. The molecule has 0 aromatic heterocycles. The minimum absolute atomic E-state index is 0.0936. The summed E-state index contributed by atoms with van der Waals surface area (Å²) in [7, 11) is 1.62. The molecule has 0 bridgehead atoms. The van der Waals surface area contributed by atoms with Crippen molar-refractivity contribution in [3.63, 3.8) is 0 Å². The largest absolute Gasteiger partial charge is 0.497 e. The Morgan fingerprint density at radius 1 is 1.33 bits per heavy atom. The number of methoxy groups -OCH3 is 1. The summed E-state index contributed by atoms with van der Waals surface area (Å²) in [5, 5.41) is 6.19. The number of ether oxygens (including phenoxy) is 1. The molecule has 1 saturated heterocycles. The highest BCUT2D eigenvalue weighted by molar-refractivity contribution is 6.46. The standard InChI is InChI=1S/C13H15N3O2/c1-18-10-4-2-9(3-5-10)11-12(17)16-13(15-11)6-7-14-8-13/h2-5,14H,6-8H2,1H3,(H,16,17)/t13-/m0/s1. The van der Waals surface area contributed by atoms with Gasteiger partial charge in [-0.05, 0) is 30.8 Å². The summed E-state index contributed by atoms with van der Waals surface area (Å²) in [6.07, 6.45) is 0.846. The first kappa shape index (κ1) is 11.2. The van der Waals surface area contributed by atoms with Crippen LogP contribution in [-0.4, -0.2) is 37.5 Å². The molecular weight excluding hydrogens is 230 g/mol. The Kier molecular flexibility index (Phi) is 2.56. The number of carbonyl (C=O) groups excluding carboxylic acids is 1. The fourth-order valence-corrected chi connectivity index (χ4v) is 2.39. The van der Waals surface area contributed by atoms with Gasteiger partial charge in [0.1, 0.15) is 17.1 Å². The lowest BCUT2D eigenvalue weighted by molar-refractivity contribution is -0.115. The molecule has 1 aromatic carbocycles. The summed E-state index contributed by atoms with van der Waals surface area (Å²) in [4.78, 5) is 16.6. The van der Waals surface area contributed by atoms with E-state index in [9.17, 15) is 4.79 Å². The fraction of sp³-hybridized carbons (Fsp3) is 0.385. The Balaban J connectivity index is 1.92. The number of aliphatic imine (C=N–C) groups is 1. The van der Waals surface area contributed by atoms with E-state index in [1.165, 1.54) is 0 Å². The Morgan fingerprint density at radius 3 is 2.72 bits per heavy atom. The summed E-state index contributed by atoms with van der Waals surface area (Å²) in [6, 6.07) is 7.39. The van der Waals surface area contributed by atoms with Gasteiger partial charge in [-0.1, -0.05) is 0 Å². The van der Waals surface area contributed by atoms with E-state index in [0.29, 0.717) is 12.3 Å². The predicted octanol–water partition coefficient (Wildman–Crippen LogP) is 0.304. The molecule has 0 saturated carbocycles. The van der Waals surface area contributed by atoms with E-state index >= 15 is 0 Å². The monoisotopic (exact) mass is 245 g/mol. The van der Waals surface area contributed by atoms with E-state index in [1.807, 2.05) is 24.3 Å². The number of benzene rings is 1. The molecule has 0 radical (unpaired) electrons. The number of rotatable bonds is 2. The van der Waals surface area contributed by atoms with E-state index in [0.717, 1.165) is 24.3 Å². The molecule has 0 aliphatic carbocycles. The SMILES string of the molecule is COc1ccc(C2=N[C@@]3(CCNC3)NC2=O)cc1. The van der Waals surface area contributed by atoms with Crippen molar-refractivity contribution in [3.05, 3.63) is 29.8 Å². The van der Waals surface area contributed by atoms with Crippen molar-refractivity contribution in [3.8, 4) is 5.75 Å². The van der Waals surface area contributed by atoms with Crippen LogP contribution < -0.4 is 15.4 Å². The minimum atomic E-state index is -0.424. The molecule has 2 aliphatic heterocycles. The first-order valence-corrected chi connectivity index (χ1v) is 6.00. The number of nitrogens with one attached hydrogen (secondary N) is 2. The minimum Gasteiger partial charge on any atom is -0.497 e. The summed E-state index contributed by atoms with van der Waals surface area (Å²) >= 11 is 0. The third kappa shape index (κ3) is 1.76. The molecule has 1 aromatic rings. The van der Waals surface area contributed by atoms with Crippen molar-refractivity contribution in [1.82, 2.24) is 10.6 Å². The number of amides is 1. The fourth-order valence-electron chi connectivity index (χ4n) is 2.39. The lowest BCUT2D eigenvalue weighted by atomic mass is 10.1. The van der Waals surface area contributed by atoms with Gasteiger partial charge in [0.25, 0.3) is 5.91 Å². The Labute approximate surface area is 105 Å². The molecule has 0 unspecified atom stereocenters. The molecule has 5 nitrogen and oxygen atoms in total. The van der Waals surface area contributed by atoms with Crippen molar-refractivity contribution in [2.45, 2.75) is 12.1 Å². The van der Waals surface area contributed by atoms with Crippen molar-refractivity contribution in [2.75, 3.05) is 20.2 Å². The van der Waals surface area contributed by atoms with Crippen LogP contribution >= 0.6 is 0 Å². The van der Waals surface area contributed by atoms with E-state index < -0.39 is 5.66 Å². The van der Waals surface area contributed by atoms with Crippen molar-refractivity contribution >= 4 is 11.6 Å². The molecule has 1 atom stereocenters. The van der Waals surface area contributed by atoms with Crippen LogP contribution in [0.5, 0.6) is 5.75 Å². The highest BCUT2D eigenvalue weighted by atomic mass is 16.5. The maximum atomic E-state index is 12.0. The zero-order valence-corrected chi connectivity index (χ0v) is 10.2. The molecule has 1 spiro atoms. The molecule has 3 rings (SSSR count). The lowest BCUT2D eigenvalue weighted by Gasteiger charge is -2.17. The summed E-state index contributed by atoms with van der Waals surface area (Å²) in [5.74, 6) is 0.680. The molecule has 1 amide bonds. The molecule has 1 fully saturated rings. The van der Waals surface area contributed by atoms with Crippen LogP contribution in [0.1, 0.15) is 12.0 Å². The first-order valence-electron chi connectivity index (χ1n) is 6.00. The third-order valence-corrected chi connectivity index (χ3v) is 3.38. The highest BCUT2D eigenvalue weighted by Gasteiger charge is 2.41. The molecule has 2 aliphatic rings. The van der Waals surface area contributed by atoms with Gasteiger partial charge in [0.05, 0.1) is 7.11 Å². The van der Waals surface area contributed by atoms with Gasteiger partial charge in [-0.25, -0.2) is 4.99 Å². The van der Waals surface area contributed by atoms with Gasteiger partial charge < -0.3 is 15.4 Å². The maximum absolute atomic E-state index is 12.0. The molecule has 2 heterocycles. The predicted molar refractivity (Wildman–Crippen MR) is 67.9 cm³/mol. The van der Waals surface area contributed by atoms with Gasteiger partial charge in [-0.2, -0.15) is 0 Å². The van der Waals surface area contributed by atoms with E-state index in [-0.39, 0.29) is 5.91 Å². The molecule has 18 heavy (non-hydrogen) atoms. The zero-order valence-electron chi connectivity index (χ0n) is 10.2. The average molecular weight is 245 g/mol.